The third kappa shape index (κ3) is 10.4. The first-order valence-electron chi connectivity index (χ1n) is 4.39. The third-order valence-electron chi connectivity index (χ3n) is 1.35. The van der Waals surface area contributed by atoms with Crippen LogP contribution in [0.5, 0.6) is 0 Å². The fourth-order valence-corrected chi connectivity index (χ4v) is 0.446. The van der Waals surface area contributed by atoms with Gasteiger partial charge in [-0.1, -0.05) is 12.7 Å². The lowest BCUT2D eigenvalue weighted by Gasteiger charge is -1.89. The molecule has 0 aromatic carbocycles. The van der Waals surface area contributed by atoms with Crippen molar-refractivity contribution in [3.63, 3.8) is 0 Å². The normalized spacial score (nSPS) is 9.88. The Morgan fingerprint density at radius 1 is 1.38 bits per heavy atom. The maximum absolute atomic E-state index is 10.1. The van der Waals surface area contributed by atoms with Crippen LogP contribution in [0.2, 0.25) is 0 Å². The molecule has 0 aromatic heterocycles. The summed E-state index contributed by atoms with van der Waals surface area (Å²) in [5.41, 5.74) is 0.464. The molecule has 0 saturated carbocycles. The van der Waals surface area contributed by atoms with E-state index >= 15 is 0 Å². The van der Waals surface area contributed by atoms with Gasteiger partial charge in [-0.05, 0) is 20.3 Å². The summed E-state index contributed by atoms with van der Waals surface area (Å²) in [6.45, 7) is 6.14. The van der Waals surface area contributed by atoms with Crippen molar-refractivity contribution >= 4 is 11.9 Å². The quantitative estimate of drug-likeness (QED) is 0.379. The molecule has 0 fully saturated rings. The molecule has 6 heteroatoms. The maximum atomic E-state index is 10.1. The Bertz CT molecular complexity index is 279. The van der Waals surface area contributed by atoms with Gasteiger partial charge in [0.05, 0.1) is 0 Å². The van der Waals surface area contributed by atoms with E-state index in [4.69, 9.17) is 15.5 Å². The SMILES string of the molecule is C=C(C)C(=O)OO.CC(=CCCO)C(=O)O. The van der Waals surface area contributed by atoms with Crippen LogP contribution < -0.4 is 0 Å². The molecule has 0 heterocycles. The molecule has 0 aliphatic carbocycles. The van der Waals surface area contributed by atoms with Crippen molar-refractivity contribution in [1.82, 2.24) is 0 Å². The van der Waals surface area contributed by atoms with Gasteiger partial charge >= 0.3 is 11.9 Å². The van der Waals surface area contributed by atoms with Gasteiger partial charge < -0.3 is 10.2 Å². The summed E-state index contributed by atoms with van der Waals surface area (Å²) < 4.78 is 0. The highest BCUT2D eigenvalue weighted by Gasteiger charge is 1.98. The van der Waals surface area contributed by atoms with Crippen LogP contribution in [0.25, 0.3) is 0 Å². The number of aliphatic hydroxyl groups excluding tert-OH is 1. The second-order valence-electron chi connectivity index (χ2n) is 2.86. The van der Waals surface area contributed by atoms with Crippen LogP contribution in [0, 0.1) is 0 Å². The van der Waals surface area contributed by atoms with Crippen molar-refractivity contribution in [2.24, 2.45) is 0 Å². The number of hydrogen-bond acceptors (Lipinski definition) is 5. The number of carbonyl (C=O) groups excluding carboxylic acids is 1. The molecule has 0 aliphatic rings. The van der Waals surface area contributed by atoms with Gasteiger partial charge in [0.1, 0.15) is 0 Å². The Balaban J connectivity index is 0. The van der Waals surface area contributed by atoms with Gasteiger partial charge in [0.2, 0.25) is 0 Å². The topological polar surface area (TPSA) is 104 Å². The second kappa shape index (κ2) is 9.88. The lowest BCUT2D eigenvalue weighted by atomic mass is 10.2. The van der Waals surface area contributed by atoms with E-state index in [-0.39, 0.29) is 17.8 Å². The van der Waals surface area contributed by atoms with E-state index in [9.17, 15) is 9.59 Å². The van der Waals surface area contributed by atoms with E-state index < -0.39 is 11.9 Å². The molecule has 6 nitrogen and oxygen atoms in total. The molecule has 0 spiro atoms. The van der Waals surface area contributed by atoms with Crippen LogP contribution in [0.4, 0.5) is 0 Å². The van der Waals surface area contributed by atoms with E-state index in [0.717, 1.165) is 0 Å². The Labute approximate surface area is 93.4 Å². The first-order chi connectivity index (χ1) is 7.36. The van der Waals surface area contributed by atoms with E-state index in [1.807, 2.05) is 0 Å². The molecule has 0 unspecified atom stereocenters. The van der Waals surface area contributed by atoms with Crippen LogP contribution in [0.15, 0.2) is 23.8 Å². The average molecular weight is 232 g/mol. The van der Waals surface area contributed by atoms with Crippen molar-refractivity contribution in [2.45, 2.75) is 20.3 Å². The van der Waals surface area contributed by atoms with Gasteiger partial charge in [-0.2, -0.15) is 5.26 Å². The van der Waals surface area contributed by atoms with Crippen LogP contribution >= 0.6 is 0 Å². The first-order valence-corrected chi connectivity index (χ1v) is 4.39. The third-order valence-corrected chi connectivity index (χ3v) is 1.35. The van der Waals surface area contributed by atoms with Crippen molar-refractivity contribution in [2.75, 3.05) is 6.61 Å². The van der Waals surface area contributed by atoms with Gasteiger partial charge in [0.15, 0.2) is 0 Å². The minimum Gasteiger partial charge on any atom is -0.478 e. The van der Waals surface area contributed by atoms with E-state index in [1.165, 1.54) is 19.9 Å². The fourth-order valence-electron chi connectivity index (χ4n) is 0.446. The zero-order valence-corrected chi connectivity index (χ0v) is 9.27. The maximum Gasteiger partial charge on any atom is 0.367 e. The summed E-state index contributed by atoms with van der Waals surface area (Å²) in [6.07, 6.45) is 1.90. The monoisotopic (exact) mass is 232 g/mol. The van der Waals surface area contributed by atoms with Crippen LogP contribution in [0.3, 0.4) is 0 Å². The zero-order chi connectivity index (χ0) is 13.1. The molecule has 0 saturated heterocycles. The predicted molar refractivity (Wildman–Crippen MR) is 56.6 cm³/mol. The number of carboxylic acid groups (broad SMARTS) is 1. The largest absolute Gasteiger partial charge is 0.478 e. The van der Waals surface area contributed by atoms with Crippen LogP contribution in [0.1, 0.15) is 20.3 Å². The van der Waals surface area contributed by atoms with Crippen LogP contribution in [-0.4, -0.2) is 34.0 Å². The molecule has 0 aromatic rings. The van der Waals surface area contributed by atoms with Crippen molar-refractivity contribution < 1.29 is 29.9 Å². The minimum atomic E-state index is -0.927. The molecule has 0 rings (SSSR count). The highest BCUT2D eigenvalue weighted by Crippen LogP contribution is 1.93. The van der Waals surface area contributed by atoms with E-state index in [2.05, 4.69) is 11.5 Å². The Morgan fingerprint density at radius 3 is 2.06 bits per heavy atom. The second-order valence-corrected chi connectivity index (χ2v) is 2.86. The van der Waals surface area contributed by atoms with Crippen LogP contribution in [-0.2, 0) is 14.5 Å². The molecule has 0 atom stereocenters. The number of aliphatic hydroxyl groups is 1. The van der Waals surface area contributed by atoms with Crippen molar-refractivity contribution in [1.29, 1.82) is 0 Å². The summed E-state index contributed by atoms with van der Waals surface area (Å²) in [5.74, 6) is -1.72. The first kappa shape index (κ1) is 16.8. The molecule has 0 radical (unpaired) electrons. The van der Waals surface area contributed by atoms with Gasteiger partial charge in [0.25, 0.3) is 0 Å². The Morgan fingerprint density at radius 2 is 1.88 bits per heavy atom. The predicted octanol–water partition coefficient (Wildman–Crippen LogP) is 0.978. The molecule has 0 aliphatic heterocycles. The highest BCUT2D eigenvalue weighted by atomic mass is 17.1. The molecule has 16 heavy (non-hydrogen) atoms. The molecule has 0 bridgehead atoms. The number of carbonyl (C=O) groups is 2. The summed E-state index contributed by atoms with van der Waals surface area (Å²) in [4.78, 5) is 23.3. The standard InChI is InChI=1S/C6H10O3.C4H6O3/c1-5(6(8)9)3-2-4-7;1-3(2)4(5)7-6/h3,7H,2,4H2,1H3,(H,8,9);6H,1H2,2H3. The summed E-state index contributed by atoms with van der Waals surface area (Å²) >= 11 is 0. The number of carboxylic acids is 1. The minimum absolute atomic E-state index is 0.00458. The Kier molecular flexibility index (Phi) is 10.3. The van der Waals surface area contributed by atoms with E-state index in [0.29, 0.717) is 6.42 Å². The van der Waals surface area contributed by atoms with Crippen molar-refractivity contribution in [3.05, 3.63) is 23.8 Å². The number of aliphatic carboxylic acids is 1. The molecule has 92 valence electrons. The highest BCUT2D eigenvalue weighted by molar-refractivity contribution is 5.86. The Hall–Kier alpha value is -1.66. The lowest BCUT2D eigenvalue weighted by Crippen LogP contribution is -1.99. The molecule has 3 N–H and O–H groups in total. The van der Waals surface area contributed by atoms with Crippen molar-refractivity contribution in [3.8, 4) is 0 Å². The van der Waals surface area contributed by atoms with E-state index in [1.54, 1.807) is 0 Å². The summed E-state index contributed by atoms with van der Waals surface area (Å²) in [7, 11) is 0. The average Bonchev–Trinajstić information content (AvgIpc) is 2.25. The van der Waals surface area contributed by atoms with Gasteiger partial charge in [-0.25, -0.2) is 9.59 Å². The summed E-state index contributed by atoms with van der Waals surface area (Å²) in [5, 5.41) is 24.1. The van der Waals surface area contributed by atoms with Gasteiger partial charge in [-0.15, -0.1) is 0 Å². The fraction of sp³-hybridized carbons (Fsp3) is 0.400. The smallest absolute Gasteiger partial charge is 0.367 e. The van der Waals surface area contributed by atoms with Gasteiger partial charge in [0, 0.05) is 17.8 Å². The molecular formula is C10H16O6. The zero-order valence-electron chi connectivity index (χ0n) is 9.27. The molecular weight excluding hydrogens is 216 g/mol. The lowest BCUT2D eigenvalue weighted by molar-refractivity contribution is -0.229. The molecule has 0 amide bonds. The van der Waals surface area contributed by atoms with Gasteiger partial charge in [-0.3, -0.25) is 4.89 Å². The summed E-state index contributed by atoms with van der Waals surface area (Å²) in [6, 6.07) is 0. The number of rotatable bonds is 4. The number of hydrogen-bond donors (Lipinski definition) is 3.